The third-order valence-electron chi connectivity index (χ3n) is 3.06. The number of nitrogens with two attached hydrogens (primary N) is 1. The summed E-state index contributed by atoms with van der Waals surface area (Å²) in [6, 6.07) is 9.35. The van der Waals surface area contributed by atoms with E-state index in [2.05, 4.69) is 9.97 Å². The van der Waals surface area contributed by atoms with E-state index in [-0.39, 0.29) is 18.4 Å². The average molecular weight is 270 g/mol. The maximum absolute atomic E-state index is 12.1. The fourth-order valence-electron chi connectivity index (χ4n) is 1.90. The third kappa shape index (κ3) is 3.86. The molecule has 2 rings (SSSR count). The van der Waals surface area contributed by atoms with Crippen molar-refractivity contribution >= 4 is 5.91 Å². The zero-order chi connectivity index (χ0) is 14.4. The molecule has 1 unspecified atom stereocenters. The van der Waals surface area contributed by atoms with Crippen molar-refractivity contribution in [3.8, 4) is 0 Å². The molecule has 5 nitrogen and oxygen atoms in total. The van der Waals surface area contributed by atoms with E-state index < -0.39 is 0 Å². The fourth-order valence-corrected chi connectivity index (χ4v) is 1.90. The Morgan fingerprint density at radius 2 is 2.05 bits per heavy atom. The van der Waals surface area contributed by atoms with Gasteiger partial charge >= 0.3 is 0 Å². The summed E-state index contributed by atoms with van der Waals surface area (Å²) >= 11 is 0. The summed E-state index contributed by atoms with van der Waals surface area (Å²) in [6.07, 6.45) is 5.15. The molecule has 0 aliphatic carbocycles. The van der Waals surface area contributed by atoms with Crippen LogP contribution in [-0.2, 0) is 11.3 Å². The van der Waals surface area contributed by atoms with Crippen LogP contribution in [0.15, 0.2) is 48.9 Å². The summed E-state index contributed by atoms with van der Waals surface area (Å²) in [5, 5.41) is 0. The molecule has 1 aromatic carbocycles. The maximum atomic E-state index is 12.1. The van der Waals surface area contributed by atoms with Crippen LogP contribution >= 0.6 is 0 Å². The fraction of sp³-hybridized carbons (Fsp3) is 0.267. The molecular weight excluding hydrogens is 252 g/mol. The van der Waals surface area contributed by atoms with Gasteiger partial charge in [0.2, 0.25) is 5.91 Å². The normalized spacial score (nSPS) is 11.9. The summed E-state index contributed by atoms with van der Waals surface area (Å²) in [6.45, 7) is 0.439. The second-order valence-corrected chi connectivity index (χ2v) is 4.67. The Labute approximate surface area is 118 Å². The Kier molecular flexibility index (Phi) is 4.79. The van der Waals surface area contributed by atoms with Crippen molar-refractivity contribution in [2.75, 3.05) is 7.05 Å². The number of hydrogen-bond donors (Lipinski definition) is 1. The standard InChI is InChI=1S/C15H18N4O/c1-19(11-13-10-17-7-8-18-13)15(20)9-14(16)12-5-3-2-4-6-12/h2-8,10,14H,9,11,16H2,1H3. The maximum Gasteiger partial charge on any atom is 0.224 e. The van der Waals surface area contributed by atoms with Gasteiger partial charge in [0.25, 0.3) is 0 Å². The quantitative estimate of drug-likeness (QED) is 0.894. The predicted octanol–water partition coefficient (Wildman–Crippen LogP) is 1.53. The van der Waals surface area contributed by atoms with Crippen LogP contribution in [0, 0.1) is 0 Å². The molecule has 0 saturated heterocycles. The molecule has 1 heterocycles. The van der Waals surface area contributed by atoms with Crippen molar-refractivity contribution in [1.82, 2.24) is 14.9 Å². The molecule has 0 radical (unpaired) electrons. The predicted molar refractivity (Wildman–Crippen MR) is 76.5 cm³/mol. The molecule has 0 fully saturated rings. The lowest BCUT2D eigenvalue weighted by atomic mass is 10.0. The van der Waals surface area contributed by atoms with Crippen LogP contribution in [-0.4, -0.2) is 27.8 Å². The summed E-state index contributed by atoms with van der Waals surface area (Å²) in [4.78, 5) is 21.9. The van der Waals surface area contributed by atoms with Crippen molar-refractivity contribution in [2.24, 2.45) is 5.73 Å². The van der Waals surface area contributed by atoms with Crippen LogP contribution in [0.2, 0.25) is 0 Å². The van der Waals surface area contributed by atoms with E-state index in [0.29, 0.717) is 6.54 Å². The first-order chi connectivity index (χ1) is 9.66. The van der Waals surface area contributed by atoms with E-state index in [0.717, 1.165) is 11.3 Å². The van der Waals surface area contributed by atoms with Crippen molar-refractivity contribution < 1.29 is 4.79 Å². The van der Waals surface area contributed by atoms with Crippen LogP contribution in [0.3, 0.4) is 0 Å². The molecule has 0 aliphatic heterocycles. The highest BCUT2D eigenvalue weighted by atomic mass is 16.2. The van der Waals surface area contributed by atoms with Gasteiger partial charge in [-0.3, -0.25) is 14.8 Å². The van der Waals surface area contributed by atoms with Crippen LogP contribution in [0.25, 0.3) is 0 Å². The Balaban J connectivity index is 1.91. The first kappa shape index (κ1) is 14.1. The highest BCUT2D eigenvalue weighted by Gasteiger charge is 2.15. The Morgan fingerprint density at radius 3 is 2.70 bits per heavy atom. The summed E-state index contributed by atoms with van der Waals surface area (Å²) in [5.41, 5.74) is 7.78. The van der Waals surface area contributed by atoms with Crippen molar-refractivity contribution in [2.45, 2.75) is 19.0 Å². The van der Waals surface area contributed by atoms with Gasteiger partial charge in [0.05, 0.1) is 18.4 Å². The van der Waals surface area contributed by atoms with Crippen molar-refractivity contribution in [3.05, 3.63) is 60.2 Å². The summed E-state index contributed by atoms with van der Waals surface area (Å²) < 4.78 is 0. The van der Waals surface area contributed by atoms with Crippen LogP contribution in [0.5, 0.6) is 0 Å². The van der Waals surface area contributed by atoms with E-state index in [1.54, 1.807) is 30.5 Å². The minimum atomic E-state index is -0.284. The van der Waals surface area contributed by atoms with Crippen molar-refractivity contribution in [1.29, 1.82) is 0 Å². The molecule has 104 valence electrons. The molecule has 20 heavy (non-hydrogen) atoms. The van der Waals surface area contributed by atoms with Gasteiger partial charge in [0.15, 0.2) is 0 Å². The van der Waals surface area contributed by atoms with Gasteiger partial charge in [-0.1, -0.05) is 30.3 Å². The first-order valence-electron chi connectivity index (χ1n) is 6.46. The highest BCUT2D eigenvalue weighted by molar-refractivity contribution is 5.76. The molecule has 0 spiro atoms. The molecule has 1 amide bonds. The molecule has 1 aromatic heterocycles. The number of benzene rings is 1. The molecule has 1 atom stereocenters. The molecule has 2 N–H and O–H groups in total. The second-order valence-electron chi connectivity index (χ2n) is 4.67. The van der Waals surface area contributed by atoms with Crippen molar-refractivity contribution in [3.63, 3.8) is 0 Å². The molecule has 0 saturated carbocycles. The molecule has 5 heteroatoms. The number of carbonyl (C=O) groups is 1. The smallest absolute Gasteiger partial charge is 0.224 e. The number of nitrogens with zero attached hydrogens (tertiary/aromatic N) is 3. The molecule has 0 bridgehead atoms. The molecular formula is C15H18N4O. The monoisotopic (exact) mass is 270 g/mol. The largest absolute Gasteiger partial charge is 0.340 e. The Hall–Kier alpha value is -2.27. The summed E-state index contributed by atoms with van der Waals surface area (Å²) in [7, 11) is 1.74. The van der Waals surface area contributed by atoms with Gasteiger partial charge in [-0.05, 0) is 5.56 Å². The van der Waals surface area contributed by atoms with E-state index in [9.17, 15) is 4.79 Å². The second kappa shape index (κ2) is 6.77. The lowest BCUT2D eigenvalue weighted by molar-refractivity contribution is -0.130. The Bertz CT molecular complexity index is 544. The van der Waals surface area contributed by atoms with E-state index in [4.69, 9.17) is 5.73 Å². The number of aromatic nitrogens is 2. The van der Waals surface area contributed by atoms with Gasteiger partial charge < -0.3 is 10.6 Å². The lowest BCUT2D eigenvalue weighted by Crippen LogP contribution is -2.29. The van der Waals surface area contributed by atoms with Crippen LogP contribution in [0.1, 0.15) is 23.7 Å². The highest BCUT2D eigenvalue weighted by Crippen LogP contribution is 2.14. The van der Waals surface area contributed by atoms with Gasteiger partial charge in [-0.25, -0.2) is 0 Å². The van der Waals surface area contributed by atoms with Crippen LogP contribution in [0.4, 0.5) is 0 Å². The lowest BCUT2D eigenvalue weighted by Gasteiger charge is -2.19. The minimum Gasteiger partial charge on any atom is -0.340 e. The van der Waals surface area contributed by atoms with E-state index >= 15 is 0 Å². The van der Waals surface area contributed by atoms with Gasteiger partial charge in [0, 0.05) is 31.9 Å². The third-order valence-corrected chi connectivity index (χ3v) is 3.06. The first-order valence-corrected chi connectivity index (χ1v) is 6.46. The van der Waals surface area contributed by atoms with Gasteiger partial charge in [-0.15, -0.1) is 0 Å². The van der Waals surface area contributed by atoms with E-state index in [1.165, 1.54) is 0 Å². The number of amides is 1. The van der Waals surface area contributed by atoms with Crippen LogP contribution < -0.4 is 5.73 Å². The molecule has 2 aromatic rings. The minimum absolute atomic E-state index is 0.00740. The SMILES string of the molecule is CN(Cc1cnccn1)C(=O)CC(N)c1ccccc1. The number of rotatable bonds is 5. The van der Waals surface area contributed by atoms with E-state index in [1.807, 2.05) is 30.3 Å². The average Bonchev–Trinajstić information content (AvgIpc) is 2.49. The Morgan fingerprint density at radius 1 is 1.30 bits per heavy atom. The topological polar surface area (TPSA) is 72.1 Å². The number of hydrogen-bond acceptors (Lipinski definition) is 4. The zero-order valence-corrected chi connectivity index (χ0v) is 11.4. The van der Waals surface area contributed by atoms with Gasteiger partial charge in [0.1, 0.15) is 0 Å². The number of carbonyl (C=O) groups excluding carboxylic acids is 1. The summed E-state index contributed by atoms with van der Waals surface area (Å²) in [5.74, 6) is -0.00740. The molecule has 0 aliphatic rings. The van der Waals surface area contributed by atoms with Gasteiger partial charge in [-0.2, -0.15) is 0 Å². The zero-order valence-electron chi connectivity index (χ0n) is 11.4.